The van der Waals surface area contributed by atoms with Gasteiger partial charge in [-0.3, -0.25) is 0 Å². The van der Waals surface area contributed by atoms with E-state index in [0.717, 1.165) is 17.0 Å². The number of nitriles is 1. The van der Waals surface area contributed by atoms with Gasteiger partial charge in [-0.2, -0.15) is 10.2 Å². The highest BCUT2D eigenvalue weighted by Crippen LogP contribution is 2.35. The molecule has 0 aliphatic carbocycles. The van der Waals surface area contributed by atoms with E-state index in [9.17, 15) is 10.4 Å². The van der Waals surface area contributed by atoms with Crippen LogP contribution in [0.4, 0.5) is 0 Å². The number of aliphatic hydroxyl groups excluding tert-OH is 1. The monoisotopic (exact) mass is 468 g/mol. The van der Waals surface area contributed by atoms with Crippen molar-refractivity contribution in [3.05, 3.63) is 77.4 Å². The van der Waals surface area contributed by atoms with Crippen LogP contribution in [0.5, 0.6) is 11.6 Å². The fraction of sp³-hybridized carbons (Fsp3) is 0.259. The summed E-state index contributed by atoms with van der Waals surface area (Å²) < 4.78 is 8.17. The van der Waals surface area contributed by atoms with Gasteiger partial charge in [-0.15, -0.1) is 0 Å². The summed E-state index contributed by atoms with van der Waals surface area (Å²) in [7, 11) is 5.71. The number of ether oxygens (including phenoxy) is 1. The molecule has 1 atom stereocenters. The molecular weight excluding hydrogens is 440 g/mol. The summed E-state index contributed by atoms with van der Waals surface area (Å²) in [5.41, 5.74) is 4.30. The molecule has 4 rings (SSSR count). The van der Waals surface area contributed by atoms with Gasteiger partial charge in [0.2, 0.25) is 5.88 Å². The van der Waals surface area contributed by atoms with Gasteiger partial charge in [-0.1, -0.05) is 30.3 Å². The number of imidazole rings is 1. The second kappa shape index (κ2) is 10.1. The topological polar surface area (TPSA) is 100 Å². The molecule has 0 spiro atoms. The molecule has 2 aromatic heterocycles. The highest BCUT2D eigenvalue weighted by molar-refractivity contribution is 5.68. The van der Waals surface area contributed by atoms with Gasteiger partial charge in [-0.05, 0) is 46.1 Å². The average molecular weight is 469 g/mol. The number of aryl methyl sites for hydroxylation is 1. The van der Waals surface area contributed by atoms with Gasteiger partial charge in [0.05, 0.1) is 28.6 Å². The van der Waals surface area contributed by atoms with E-state index in [1.165, 1.54) is 0 Å². The first-order valence-electron chi connectivity index (χ1n) is 11.3. The predicted molar refractivity (Wildman–Crippen MR) is 134 cm³/mol. The fourth-order valence-electron chi connectivity index (χ4n) is 3.91. The van der Waals surface area contributed by atoms with Gasteiger partial charge in [0.15, 0.2) is 0 Å². The van der Waals surface area contributed by atoms with Crippen molar-refractivity contribution in [3.8, 4) is 40.3 Å². The predicted octanol–water partition coefficient (Wildman–Crippen LogP) is 4.42. The fourth-order valence-corrected chi connectivity index (χ4v) is 3.91. The minimum absolute atomic E-state index is 0.367. The Labute approximate surface area is 205 Å². The molecule has 0 fully saturated rings. The Morgan fingerprint density at radius 3 is 2.49 bits per heavy atom. The van der Waals surface area contributed by atoms with Crippen LogP contribution in [0.25, 0.3) is 22.6 Å². The lowest BCUT2D eigenvalue weighted by Crippen LogP contribution is -2.20. The number of hydrogen-bond acceptors (Lipinski definition) is 7. The number of hydrogen-bond donors (Lipinski definition) is 1. The Hall–Kier alpha value is -4.06. The molecule has 0 saturated heterocycles. The quantitative estimate of drug-likeness (QED) is 0.428. The minimum Gasteiger partial charge on any atom is -0.438 e. The second-order valence-electron chi connectivity index (χ2n) is 8.67. The van der Waals surface area contributed by atoms with Crippen LogP contribution in [0.2, 0.25) is 0 Å². The summed E-state index contributed by atoms with van der Waals surface area (Å²) in [6, 6.07) is 19.0. The molecule has 0 radical (unpaired) electrons. The molecule has 1 unspecified atom stereocenters. The zero-order valence-corrected chi connectivity index (χ0v) is 20.5. The number of benzene rings is 2. The summed E-state index contributed by atoms with van der Waals surface area (Å²) >= 11 is 0. The summed E-state index contributed by atoms with van der Waals surface area (Å²) in [6.07, 6.45) is -0.731. The van der Waals surface area contributed by atoms with Crippen LogP contribution in [0.15, 0.2) is 54.6 Å². The average Bonchev–Trinajstić information content (AvgIpc) is 3.13. The zero-order chi connectivity index (χ0) is 25.1. The van der Waals surface area contributed by atoms with Crippen molar-refractivity contribution in [1.82, 2.24) is 24.4 Å². The van der Waals surface area contributed by atoms with Crippen LogP contribution in [0, 0.1) is 25.2 Å². The van der Waals surface area contributed by atoms with E-state index in [1.54, 1.807) is 18.2 Å². The number of aliphatic hydroxyl groups is 1. The van der Waals surface area contributed by atoms with Crippen molar-refractivity contribution in [3.63, 3.8) is 0 Å². The first-order valence-corrected chi connectivity index (χ1v) is 11.3. The van der Waals surface area contributed by atoms with E-state index in [4.69, 9.17) is 9.72 Å². The normalized spacial score (nSPS) is 11.9. The first-order chi connectivity index (χ1) is 16.8. The Bertz CT molecular complexity index is 1390. The van der Waals surface area contributed by atoms with Gasteiger partial charge in [0.1, 0.15) is 23.5 Å². The third-order valence-electron chi connectivity index (χ3n) is 5.72. The lowest BCUT2D eigenvalue weighted by Gasteiger charge is -2.14. The molecule has 1 N–H and O–H groups in total. The van der Waals surface area contributed by atoms with E-state index >= 15 is 0 Å². The summed E-state index contributed by atoms with van der Waals surface area (Å²) in [5, 5.41) is 20.2. The lowest BCUT2D eigenvalue weighted by atomic mass is 10.1. The van der Waals surface area contributed by atoms with Crippen molar-refractivity contribution >= 4 is 0 Å². The van der Waals surface area contributed by atoms with Gasteiger partial charge in [0, 0.05) is 30.9 Å². The summed E-state index contributed by atoms with van der Waals surface area (Å²) in [4.78, 5) is 15.7. The molecule has 0 bridgehead atoms. The number of likely N-dealkylation sites (N-methyl/N-ethyl adjacent to an activating group) is 1. The molecule has 4 aromatic rings. The van der Waals surface area contributed by atoms with Crippen molar-refractivity contribution in [2.24, 2.45) is 7.05 Å². The van der Waals surface area contributed by atoms with Crippen LogP contribution in [-0.4, -0.2) is 50.2 Å². The Balaban J connectivity index is 1.78. The van der Waals surface area contributed by atoms with Gasteiger partial charge in [0.25, 0.3) is 0 Å². The van der Waals surface area contributed by atoms with Crippen LogP contribution >= 0.6 is 0 Å². The third kappa shape index (κ3) is 5.22. The minimum atomic E-state index is -0.731. The molecule has 0 aliphatic heterocycles. The SMILES string of the molecule is Cc1nc(Oc2cc(C#N)ccc2-c2nc(C(O)CN(C)C)c(C)n2C)cc(-c2ccccc2)n1. The molecular formula is C27H28N6O2. The third-order valence-corrected chi connectivity index (χ3v) is 5.72. The van der Waals surface area contributed by atoms with Crippen molar-refractivity contribution in [2.45, 2.75) is 20.0 Å². The van der Waals surface area contributed by atoms with Gasteiger partial charge >= 0.3 is 0 Å². The second-order valence-corrected chi connectivity index (χ2v) is 8.67. The van der Waals surface area contributed by atoms with Gasteiger partial charge in [-0.25, -0.2) is 9.97 Å². The lowest BCUT2D eigenvalue weighted by molar-refractivity contribution is 0.134. The molecule has 8 nitrogen and oxygen atoms in total. The molecule has 8 heteroatoms. The van der Waals surface area contributed by atoms with Crippen molar-refractivity contribution < 1.29 is 9.84 Å². The maximum absolute atomic E-state index is 10.7. The number of aromatic nitrogens is 4. The molecule has 0 amide bonds. The smallest absolute Gasteiger partial charge is 0.223 e. The van der Waals surface area contributed by atoms with Crippen LogP contribution in [-0.2, 0) is 7.05 Å². The standard InChI is InChI=1S/C27H28N6O2/c1-17-26(23(34)16-32(3)4)31-27(33(17)5)21-12-11-19(15-28)13-24(21)35-25-14-22(29-18(2)30-25)20-9-7-6-8-10-20/h6-14,23,34H,16H2,1-5H3. The molecule has 2 heterocycles. The van der Waals surface area contributed by atoms with Crippen LogP contribution in [0.3, 0.4) is 0 Å². The summed E-state index contributed by atoms with van der Waals surface area (Å²) in [6.45, 7) is 4.19. The van der Waals surface area contributed by atoms with Crippen molar-refractivity contribution in [1.29, 1.82) is 5.26 Å². The van der Waals surface area contributed by atoms with Gasteiger partial charge < -0.3 is 19.3 Å². The first kappa shape index (κ1) is 24.1. The Kier molecular flexibility index (Phi) is 6.92. The van der Waals surface area contributed by atoms with E-state index in [-0.39, 0.29) is 0 Å². The summed E-state index contributed by atoms with van der Waals surface area (Å²) in [5.74, 6) is 2.01. The Morgan fingerprint density at radius 1 is 1.06 bits per heavy atom. The highest BCUT2D eigenvalue weighted by Gasteiger charge is 2.22. The number of rotatable bonds is 7. The van der Waals surface area contributed by atoms with Crippen molar-refractivity contribution in [2.75, 3.05) is 20.6 Å². The number of nitrogens with zero attached hydrogens (tertiary/aromatic N) is 6. The van der Waals surface area contributed by atoms with E-state index < -0.39 is 6.10 Å². The molecule has 0 saturated carbocycles. The largest absolute Gasteiger partial charge is 0.438 e. The Morgan fingerprint density at radius 2 is 1.80 bits per heavy atom. The molecule has 35 heavy (non-hydrogen) atoms. The van der Waals surface area contributed by atoms with E-state index in [2.05, 4.69) is 16.0 Å². The maximum Gasteiger partial charge on any atom is 0.223 e. The molecule has 178 valence electrons. The van der Waals surface area contributed by atoms with Crippen LogP contribution in [0.1, 0.15) is 28.9 Å². The van der Waals surface area contributed by atoms with E-state index in [1.807, 2.05) is 80.9 Å². The maximum atomic E-state index is 10.7. The zero-order valence-electron chi connectivity index (χ0n) is 20.5. The molecule has 0 aliphatic rings. The highest BCUT2D eigenvalue weighted by atomic mass is 16.5. The molecule has 2 aromatic carbocycles. The van der Waals surface area contributed by atoms with Crippen LogP contribution < -0.4 is 4.74 Å². The van der Waals surface area contributed by atoms with E-state index in [0.29, 0.717) is 46.6 Å².